The number of nitrogens with zero attached hydrogens (tertiary/aromatic N) is 1. The van der Waals surface area contributed by atoms with Crippen LogP contribution in [-0.4, -0.2) is 48.6 Å². The van der Waals surface area contributed by atoms with Crippen molar-refractivity contribution in [3.63, 3.8) is 0 Å². The molecule has 1 aromatic carbocycles. The van der Waals surface area contributed by atoms with Crippen LogP contribution in [0.4, 0.5) is 0 Å². The van der Waals surface area contributed by atoms with Crippen molar-refractivity contribution in [1.29, 1.82) is 0 Å². The quantitative estimate of drug-likeness (QED) is 0.239. The highest BCUT2D eigenvalue weighted by Gasteiger charge is 2.39. The molecule has 1 aromatic rings. The number of fused-ring (bicyclic) bond motifs is 2. The molecule has 0 aromatic heterocycles. The fourth-order valence-corrected chi connectivity index (χ4v) is 3.06. The van der Waals surface area contributed by atoms with Crippen LogP contribution in [0.1, 0.15) is 28.8 Å². The van der Waals surface area contributed by atoms with Gasteiger partial charge in [0.25, 0.3) is 0 Å². The fraction of sp³-hybridized carbons (Fsp3) is 0.261. The number of nitrogens with one attached hydrogen (secondary N) is 1. The number of carbonyl (C=O) groups is 2. The van der Waals surface area contributed by atoms with Gasteiger partial charge in [-0.1, -0.05) is 47.7 Å². The van der Waals surface area contributed by atoms with Crippen LogP contribution in [0.3, 0.4) is 0 Å². The number of rotatable bonds is 6. The van der Waals surface area contributed by atoms with Crippen molar-refractivity contribution >= 4 is 24.2 Å². The zero-order valence-corrected chi connectivity index (χ0v) is 17.0. The van der Waals surface area contributed by atoms with Crippen LogP contribution in [0.15, 0.2) is 66.0 Å². The summed E-state index contributed by atoms with van der Waals surface area (Å²) in [6.45, 7) is 0. The SMILES string of the molecule is CO/N=C\C=C/C(=O)N/C=C/C[C@H]1C[C@@H]2O[C@@H]2/C=C\C=C/c2cccc(O)c2C(=O)O1. The van der Waals surface area contributed by atoms with Crippen molar-refractivity contribution in [2.45, 2.75) is 31.2 Å². The zero-order chi connectivity index (χ0) is 22.1. The Morgan fingerprint density at radius 1 is 1.39 bits per heavy atom. The average molecular weight is 424 g/mol. The molecule has 0 unspecified atom stereocenters. The number of hydrogen-bond acceptors (Lipinski definition) is 7. The lowest BCUT2D eigenvalue weighted by Gasteiger charge is -2.17. The second-order valence-electron chi connectivity index (χ2n) is 6.83. The Hall–Kier alpha value is -3.65. The molecule has 31 heavy (non-hydrogen) atoms. The lowest BCUT2D eigenvalue weighted by molar-refractivity contribution is -0.115. The molecular formula is C23H24N2O6. The summed E-state index contributed by atoms with van der Waals surface area (Å²) < 4.78 is 11.3. The van der Waals surface area contributed by atoms with E-state index in [9.17, 15) is 14.7 Å². The van der Waals surface area contributed by atoms with Crippen LogP contribution in [0.5, 0.6) is 5.75 Å². The van der Waals surface area contributed by atoms with Crippen LogP contribution >= 0.6 is 0 Å². The number of benzene rings is 1. The van der Waals surface area contributed by atoms with Gasteiger partial charge >= 0.3 is 5.97 Å². The van der Waals surface area contributed by atoms with E-state index in [1.54, 1.807) is 30.4 Å². The maximum atomic E-state index is 12.8. The smallest absolute Gasteiger partial charge is 0.342 e. The van der Waals surface area contributed by atoms with Crippen molar-refractivity contribution in [2.75, 3.05) is 7.11 Å². The number of phenols is 1. The number of ether oxygens (including phenoxy) is 2. The third kappa shape index (κ3) is 6.68. The first-order chi connectivity index (χ1) is 15.1. The van der Waals surface area contributed by atoms with E-state index in [-0.39, 0.29) is 29.4 Å². The Morgan fingerprint density at radius 2 is 2.26 bits per heavy atom. The molecule has 8 nitrogen and oxygen atoms in total. The number of epoxide rings is 1. The summed E-state index contributed by atoms with van der Waals surface area (Å²) in [6.07, 6.45) is 14.9. The lowest BCUT2D eigenvalue weighted by Crippen LogP contribution is -2.21. The number of hydrogen-bond donors (Lipinski definition) is 2. The maximum absolute atomic E-state index is 12.8. The highest BCUT2D eigenvalue weighted by Crippen LogP contribution is 2.31. The predicted molar refractivity (Wildman–Crippen MR) is 115 cm³/mol. The van der Waals surface area contributed by atoms with E-state index in [1.807, 2.05) is 12.2 Å². The molecule has 2 aliphatic rings. The molecule has 2 heterocycles. The Morgan fingerprint density at radius 3 is 3.10 bits per heavy atom. The second kappa shape index (κ2) is 10.9. The minimum Gasteiger partial charge on any atom is -0.507 e. The third-order valence-electron chi connectivity index (χ3n) is 4.60. The Bertz CT molecular complexity index is 947. The molecule has 8 heteroatoms. The molecule has 1 amide bonds. The van der Waals surface area contributed by atoms with E-state index in [0.717, 1.165) is 0 Å². The van der Waals surface area contributed by atoms with Crippen LogP contribution in [-0.2, 0) is 19.1 Å². The monoisotopic (exact) mass is 424 g/mol. The van der Waals surface area contributed by atoms with E-state index in [4.69, 9.17) is 9.47 Å². The molecule has 0 saturated carbocycles. The molecule has 2 N–H and O–H groups in total. The number of aromatic hydroxyl groups is 1. The lowest BCUT2D eigenvalue weighted by atomic mass is 10.0. The number of oxime groups is 1. The van der Waals surface area contributed by atoms with Crippen LogP contribution in [0.25, 0.3) is 6.08 Å². The standard InChI is InChI=1S/C23H24N2O6/c1-29-25-14-6-12-21(27)24-13-5-9-17-15-20-19(31-20)11-3-2-7-16-8-4-10-18(26)22(16)23(28)30-17/h2-8,10-14,17,19-20,26H,9,15H2,1H3,(H,24,27)/b7-2-,11-3-,12-6-,13-5+,25-14-/t17-,19+,20-/m0/s1. The van der Waals surface area contributed by atoms with E-state index in [2.05, 4.69) is 15.3 Å². The Labute approximate surface area is 180 Å². The van der Waals surface area contributed by atoms with Gasteiger partial charge in [0, 0.05) is 25.1 Å². The maximum Gasteiger partial charge on any atom is 0.342 e. The number of cyclic esters (lactones) is 1. The molecule has 0 radical (unpaired) electrons. The van der Waals surface area contributed by atoms with Gasteiger partial charge in [0.05, 0.1) is 12.3 Å². The molecule has 2 aliphatic heterocycles. The molecular weight excluding hydrogens is 400 g/mol. The van der Waals surface area contributed by atoms with Gasteiger partial charge < -0.3 is 24.7 Å². The average Bonchev–Trinajstić information content (AvgIpc) is 3.48. The van der Waals surface area contributed by atoms with Gasteiger partial charge in [-0.05, 0) is 17.7 Å². The van der Waals surface area contributed by atoms with E-state index in [0.29, 0.717) is 18.4 Å². The number of amides is 1. The van der Waals surface area contributed by atoms with Gasteiger partial charge in [-0.3, -0.25) is 4.79 Å². The van der Waals surface area contributed by atoms with Gasteiger partial charge in [-0.25, -0.2) is 4.79 Å². The van der Waals surface area contributed by atoms with Crippen molar-refractivity contribution in [1.82, 2.24) is 5.32 Å². The molecule has 0 spiro atoms. The van der Waals surface area contributed by atoms with E-state index < -0.39 is 12.1 Å². The summed E-state index contributed by atoms with van der Waals surface area (Å²) in [5.74, 6) is -1.09. The topological polar surface area (TPSA) is 110 Å². The van der Waals surface area contributed by atoms with Gasteiger partial charge in [0.2, 0.25) is 5.91 Å². The first kappa shape index (κ1) is 22.0. The van der Waals surface area contributed by atoms with Crippen LogP contribution in [0, 0.1) is 0 Å². The largest absolute Gasteiger partial charge is 0.507 e. The van der Waals surface area contributed by atoms with Crippen LogP contribution < -0.4 is 5.32 Å². The number of phenolic OH excluding ortho intramolecular Hbond substituents is 1. The molecule has 0 bridgehead atoms. The minimum atomic E-state index is -0.609. The van der Waals surface area contributed by atoms with Crippen molar-refractivity contribution in [3.05, 3.63) is 72.0 Å². The summed E-state index contributed by atoms with van der Waals surface area (Å²) in [5.41, 5.74) is 0.681. The first-order valence-electron chi connectivity index (χ1n) is 9.80. The fourth-order valence-electron chi connectivity index (χ4n) is 3.06. The molecule has 162 valence electrons. The van der Waals surface area contributed by atoms with E-state index in [1.165, 1.54) is 37.7 Å². The molecule has 3 rings (SSSR count). The third-order valence-corrected chi connectivity index (χ3v) is 4.60. The summed E-state index contributed by atoms with van der Waals surface area (Å²) >= 11 is 0. The molecule has 3 atom stereocenters. The second-order valence-corrected chi connectivity index (χ2v) is 6.83. The predicted octanol–water partition coefficient (Wildman–Crippen LogP) is 2.87. The Kier molecular flexibility index (Phi) is 7.78. The van der Waals surface area contributed by atoms with Gasteiger partial charge in [-0.2, -0.15) is 0 Å². The van der Waals surface area contributed by atoms with Crippen molar-refractivity contribution < 1.29 is 29.0 Å². The summed E-state index contributed by atoms with van der Waals surface area (Å²) in [7, 11) is 1.41. The summed E-state index contributed by atoms with van der Waals surface area (Å²) in [5, 5.41) is 16.3. The highest BCUT2D eigenvalue weighted by molar-refractivity contribution is 5.96. The number of esters is 1. The van der Waals surface area contributed by atoms with Gasteiger partial charge in [0.15, 0.2) is 0 Å². The van der Waals surface area contributed by atoms with Gasteiger partial charge in [0.1, 0.15) is 30.6 Å². The Balaban J connectivity index is 1.66. The summed E-state index contributed by atoms with van der Waals surface area (Å²) in [6, 6.07) is 4.85. The van der Waals surface area contributed by atoms with Gasteiger partial charge in [-0.15, -0.1) is 0 Å². The molecule has 1 fully saturated rings. The van der Waals surface area contributed by atoms with Crippen molar-refractivity contribution in [2.24, 2.45) is 5.16 Å². The zero-order valence-electron chi connectivity index (χ0n) is 17.0. The van der Waals surface area contributed by atoms with E-state index >= 15 is 0 Å². The highest BCUT2D eigenvalue weighted by atomic mass is 16.6. The molecule has 1 saturated heterocycles. The summed E-state index contributed by atoms with van der Waals surface area (Å²) in [4.78, 5) is 29.0. The minimum absolute atomic E-state index is 0.0171. The normalized spacial score (nSPS) is 25.2. The first-order valence-corrected chi connectivity index (χ1v) is 9.80. The molecule has 0 aliphatic carbocycles. The van der Waals surface area contributed by atoms with Crippen LogP contribution in [0.2, 0.25) is 0 Å². The number of carbonyl (C=O) groups excluding carboxylic acids is 2. The number of allylic oxidation sites excluding steroid dienone is 3. The van der Waals surface area contributed by atoms with Crippen molar-refractivity contribution in [3.8, 4) is 5.75 Å².